The first-order valence-corrected chi connectivity index (χ1v) is 9.37. The Bertz CT molecular complexity index is 1080. The largest absolute Gasteiger partial charge is 0.325 e. The summed E-state index contributed by atoms with van der Waals surface area (Å²) in [4.78, 5) is 22.6. The van der Waals surface area contributed by atoms with Gasteiger partial charge in [0.1, 0.15) is 12.1 Å². The maximum Gasteiger partial charge on any atom is 0.237 e. The van der Waals surface area contributed by atoms with Gasteiger partial charge in [-0.05, 0) is 55.4 Å². The first-order chi connectivity index (χ1) is 13.2. The van der Waals surface area contributed by atoms with Crippen LogP contribution in [0.5, 0.6) is 0 Å². The molecule has 1 amide bonds. The zero-order chi connectivity index (χ0) is 20.3. The van der Waals surface area contributed by atoms with Crippen LogP contribution in [0.15, 0.2) is 18.2 Å². The van der Waals surface area contributed by atoms with Crippen molar-refractivity contribution in [1.29, 1.82) is 10.5 Å². The van der Waals surface area contributed by atoms with E-state index in [4.69, 9.17) is 0 Å². The Labute approximate surface area is 164 Å². The van der Waals surface area contributed by atoms with Crippen molar-refractivity contribution < 1.29 is 4.79 Å². The first-order valence-electron chi connectivity index (χ1n) is 9.37. The van der Waals surface area contributed by atoms with Crippen LogP contribution in [0, 0.1) is 41.9 Å². The van der Waals surface area contributed by atoms with E-state index in [-0.39, 0.29) is 23.2 Å². The van der Waals surface area contributed by atoms with Crippen LogP contribution >= 0.6 is 0 Å². The number of nitrogens with one attached hydrogen (secondary N) is 1. The lowest BCUT2D eigenvalue weighted by atomic mass is 9.67. The molecule has 2 aliphatic rings. The smallest absolute Gasteiger partial charge is 0.237 e. The van der Waals surface area contributed by atoms with Gasteiger partial charge in [-0.2, -0.15) is 10.5 Å². The molecular formula is C22H21N5O. The molecule has 1 heterocycles. The minimum absolute atomic E-state index is 0.0109. The molecule has 140 valence electrons. The molecule has 6 nitrogen and oxygen atoms in total. The molecule has 1 saturated carbocycles. The minimum Gasteiger partial charge on any atom is -0.325 e. The van der Waals surface area contributed by atoms with E-state index in [1.165, 1.54) is 0 Å². The minimum atomic E-state index is -0.864. The Kier molecular flexibility index (Phi) is 3.80. The highest BCUT2D eigenvalue weighted by atomic mass is 16.2. The molecule has 1 N–H and O–H groups in total. The van der Waals surface area contributed by atoms with E-state index in [1.807, 2.05) is 38.1 Å². The van der Waals surface area contributed by atoms with Gasteiger partial charge in [0.25, 0.3) is 0 Å². The molecule has 2 aliphatic carbocycles. The quantitative estimate of drug-likeness (QED) is 0.868. The lowest BCUT2D eigenvalue weighted by Crippen LogP contribution is -2.46. The third-order valence-electron chi connectivity index (χ3n) is 6.52. The predicted octanol–water partition coefficient (Wildman–Crippen LogP) is 3.63. The zero-order valence-corrected chi connectivity index (χ0v) is 16.4. The maximum atomic E-state index is 13.6. The molecule has 4 rings (SSSR count). The number of nitriles is 2. The molecule has 28 heavy (non-hydrogen) atoms. The van der Waals surface area contributed by atoms with Crippen LogP contribution in [0.1, 0.15) is 66.5 Å². The average molecular weight is 371 g/mol. The molecule has 0 saturated heterocycles. The van der Waals surface area contributed by atoms with Crippen molar-refractivity contribution in [2.75, 3.05) is 5.32 Å². The van der Waals surface area contributed by atoms with Crippen molar-refractivity contribution in [3.63, 3.8) is 0 Å². The van der Waals surface area contributed by atoms with Gasteiger partial charge in [-0.25, -0.2) is 9.97 Å². The standard InChI is InChI=1S/C22H21N5O/c1-12-7-13(2)9-14(8-12)25-20(28)22-6-5-15(21(22,3)4)18-19(22)27-17(11-24)16(10-23)26-18/h7-9,15H,5-6H2,1-4H3,(H,25,28). The molecule has 2 atom stereocenters. The van der Waals surface area contributed by atoms with Crippen LogP contribution in [0.2, 0.25) is 0 Å². The molecule has 0 radical (unpaired) electrons. The fourth-order valence-corrected chi connectivity index (χ4v) is 5.20. The number of carbonyl (C=O) groups excluding carboxylic acids is 1. The van der Waals surface area contributed by atoms with Gasteiger partial charge in [-0.3, -0.25) is 4.79 Å². The number of rotatable bonds is 2. The summed E-state index contributed by atoms with van der Waals surface area (Å²) >= 11 is 0. The van der Waals surface area contributed by atoms with Crippen molar-refractivity contribution in [3.8, 4) is 12.1 Å². The zero-order valence-electron chi connectivity index (χ0n) is 16.4. The highest BCUT2D eigenvalue weighted by molar-refractivity contribution is 6.01. The Morgan fingerprint density at radius 1 is 1.11 bits per heavy atom. The van der Waals surface area contributed by atoms with E-state index in [0.717, 1.165) is 23.2 Å². The van der Waals surface area contributed by atoms with Gasteiger partial charge in [0, 0.05) is 11.6 Å². The molecule has 0 aliphatic heterocycles. The fraction of sp³-hybridized carbons (Fsp3) is 0.409. The van der Waals surface area contributed by atoms with Crippen molar-refractivity contribution in [3.05, 3.63) is 52.1 Å². The van der Waals surface area contributed by atoms with Crippen LogP contribution in [0.4, 0.5) is 5.69 Å². The second-order valence-corrected chi connectivity index (χ2v) is 8.43. The molecule has 1 fully saturated rings. The second-order valence-electron chi connectivity index (χ2n) is 8.43. The number of hydrogen-bond donors (Lipinski definition) is 1. The molecule has 1 aromatic heterocycles. The number of aryl methyl sites for hydroxylation is 2. The lowest BCUT2D eigenvalue weighted by Gasteiger charge is -2.36. The second kappa shape index (κ2) is 5.87. The Hall–Kier alpha value is -3.25. The summed E-state index contributed by atoms with van der Waals surface area (Å²) in [5.41, 5.74) is 2.93. The van der Waals surface area contributed by atoms with Crippen molar-refractivity contribution in [2.45, 2.75) is 51.9 Å². The topological polar surface area (TPSA) is 102 Å². The number of nitrogens with zero attached hydrogens (tertiary/aromatic N) is 4. The van der Waals surface area contributed by atoms with Crippen LogP contribution in [-0.4, -0.2) is 15.9 Å². The van der Waals surface area contributed by atoms with Crippen LogP contribution in [-0.2, 0) is 10.2 Å². The molecule has 2 unspecified atom stereocenters. The lowest BCUT2D eigenvalue weighted by molar-refractivity contribution is -0.124. The van der Waals surface area contributed by atoms with E-state index in [2.05, 4.69) is 35.2 Å². The number of fused-ring (bicyclic) bond motifs is 5. The summed E-state index contributed by atoms with van der Waals surface area (Å²) < 4.78 is 0. The van der Waals surface area contributed by atoms with Crippen LogP contribution in [0.25, 0.3) is 0 Å². The van der Waals surface area contributed by atoms with Crippen LogP contribution in [0.3, 0.4) is 0 Å². The monoisotopic (exact) mass is 371 g/mol. The Balaban J connectivity index is 1.85. The number of anilines is 1. The van der Waals surface area contributed by atoms with Crippen molar-refractivity contribution >= 4 is 11.6 Å². The van der Waals surface area contributed by atoms with E-state index >= 15 is 0 Å². The third kappa shape index (κ3) is 2.21. The molecular weight excluding hydrogens is 350 g/mol. The van der Waals surface area contributed by atoms with Gasteiger partial charge < -0.3 is 5.32 Å². The highest BCUT2D eigenvalue weighted by Crippen LogP contribution is 2.67. The van der Waals surface area contributed by atoms with Crippen molar-refractivity contribution in [2.24, 2.45) is 5.41 Å². The Morgan fingerprint density at radius 2 is 1.71 bits per heavy atom. The van der Waals surface area contributed by atoms with Gasteiger partial charge in [-0.1, -0.05) is 19.9 Å². The molecule has 0 spiro atoms. The van der Waals surface area contributed by atoms with E-state index < -0.39 is 10.8 Å². The first kappa shape index (κ1) is 18.1. The number of benzene rings is 1. The SMILES string of the molecule is Cc1cc(C)cc(NC(=O)C23CCC(c4nc(C#N)c(C#N)nc42)C3(C)C)c1. The molecule has 6 heteroatoms. The number of carbonyl (C=O) groups is 1. The van der Waals surface area contributed by atoms with Gasteiger partial charge in [0.2, 0.25) is 5.91 Å². The molecule has 2 bridgehead atoms. The molecule has 1 aromatic carbocycles. The Morgan fingerprint density at radius 3 is 2.32 bits per heavy atom. The summed E-state index contributed by atoms with van der Waals surface area (Å²) in [5.74, 6) is -0.0773. The summed E-state index contributed by atoms with van der Waals surface area (Å²) in [7, 11) is 0. The normalized spacial score (nSPS) is 23.6. The van der Waals surface area contributed by atoms with Gasteiger partial charge in [0.05, 0.1) is 16.8 Å². The molecule has 2 aromatic rings. The van der Waals surface area contributed by atoms with Crippen LogP contribution < -0.4 is 5.32 Å². The summed E-state index contributed by atoms with van der Waals surface area (Å²) in [6, 6.07) is 9.87. The maximum absolute atomic E-state index is 13.6. The predicted molar refractivity (Wildman–Crippen MR) is 103 cm³/mol. The summed E-state index contributed by atoms with van der Waals surface area (Å²) in [6.45, 7) is 8.12. The summed E-state index contributed by atoms with van der Waals surface area (Å²) in [5, 5.41) is 21.8. The number of amides is 1. The third-order valence-corrected chi connectivity index (χ3v) is 6.52. The average Bonchev–Trinajstić information content (AvgIpc) is 3.01. The van der Waals surface area contributed by atoms with Crippen molar-refractivity contribution in [1.82, 2.24) is 9.97 Å². The number of hydrogen-bond acceptors (Lipinski definition) is 5. The number of aromatic nitrogens is 2. The summed E-state index contributed by atoms with van der Waals surface area (Å²) in [6.07, 6.45) is 1.46. The van der Waals surface area contributed by atoms with E-state index in [9.17, 15) is 15.3 Å². The van der Waals surface area contributed by atoms with E-state index in [1.54, 1.807) is 0 Å². The van der Waals surface area contributed by atoms with Gasteiger partial charge >= 0.3 is 0 Å². The van der Waals surface area contributed by atoms with E-state index in [0.29, 0.717) is 17.8 Å². The highest BCUT2D eigenvalue weighted by Gasteiger charge is 2.68. The van der Waals surface area contributed by atoms with Gasteiger partial charge in [0.15, 0.2) is 11.4 Å². The fourth-order valence-electron chi connectivity index (χ4n) is 5.20. The van der Waals surface area contributed by atoms with Gasteiger partial charge in [-0.15, -0.1) is 0 Å².